The SMILES string of the molecule is O=C(NCc1ncccc1F)c1ccccc1O. The van der Waals surface area contributed by atoms with Gasteiger partial charge in [-0.05, 0) is 24.3 Å². The van der Waals surface area contributed by atoms with Gasteiger partial charge in [-0.1, -0.05) is 12.1 Å². The van der Waals surface area contributed by atoms with Crippen LogP contribution in [0.2, 0.25) is 0 Å². The number of rotatable bonds is 3. The van der Waals surface area contributed by atoms with Crippen LogP contribution in [0.25, 0.3) is 0 Å². The first kappa shape index (κ1) is 12.0. The molecule has 1 aromatic heterocycles. The van der Waals surface area contributed by atoms with Crippen molar-refractivity contribution >= 4 is 5.91 Å². The number of phenols is 1. The Morgan fingerprint density at radius 3 is 2.78 bits per heavy atom. The first-order valence-corrected chi connectivity index (χ1v) is 5.34. The number of amides is 1. The molecule has 92 valence electrons. The maximum Gasteiger partial charge on any atom is 0.255 e. The third-order valence-corrected chi connectivity index (χ3v) is 2.40. The van der Waals surface area contributed by atoms with Crippen LogP contribution in [0.1, 0.15) is 16.1 Å². The Bertz CT molecular complexity index is 572. The number of nitrogens with zero attached hydrogens (tertiary/aromatic N) is 1. The van der Waals surface area contributed by atoms with Crippen molar-refractivity contribution in [2.24, 2.45) is 0 Å². The summed E-state index contributed by atoms with van der Waals surface area (Å²) in [5.41, 5.74) is 0.301. The number of pyridine rings is 1. The monoisotopic (exact) mass is 246 g/mol. The first-order valence-electron chi connectivity index (χ1n) is 5.34. The Labute approximate surface area is 103 Å². The number of aromatic hydroxyl groups is 1. The lowest BCUT2D eigenvalue weighted by molar-refractivity contribution is 0.0947. The Morgan fingerprint density at radius 1 is 1.28 bits per heavy atom. The average molecular weight is 246 g/mol. The number of hydrogen-bond acceptors (Lipinski definition) is 3. The smallest absolute Gasteiger partial charge is 0.255 e. The Kier molecular flexibility index (Phi) is 3.52. The molecule has 2 aromatic rings. The molecule has 2 rings (SSSR count). The van der Waals surface area contributed by atoms with Gasteiger partial charge in [0.2, 0.25) is 0 Å². The predicted molar refractivity (Wildman–Crippen MR) is 63.5 cm³/mol. The van der Waals surface area contributed by atoms with Crippen LogP contribution in [-0.4, -0.2) is 16.0 Å². The zero-order valence-electron chi connectivity index (χ0n) is 9.43. The first-order chi connectivity index (χ1) is 8.68. The number of nitrogens with one attached hydrogen (secondary N) is 1. The van der Waals surface area contributed by atoms with Crippen molar-refractivity contribution in [2.75, 3.05) is 0 Å². The Balaban J connectivity index is 2.06. The van der Waals surface area contributed by atoms with Gasteiger partial charge in [-0.25, -0.2) is 4.39 Å². The van der Waals surface area contributed by atoms with Crippen molar-refractivity contribution in [1.29, 1.82) is 0 Å². The quantitative estimate of drug-likeness (QED) is 0.868. The van der Waals surface area contributed by atoms with Crippen LogP contribution in [0.4, 0.5) is 4.39 Å². The van der Waals surface area contributed by atoms with Gasteiger partial charge < -0.3 is 10.4 Å². The van der Waals surface area contributed by atoms with Gasteiger partial charge in [0.25, 0.3) is 5.91 Å². The lowest BCUT2D eigenvalue weighted by atomic mass is 10.2. The summed E-state index contributed by atoms with van der Waals surface area (Å²) in [6.45, 7) is -0.0279. The standard InChI is InChI=1S/C13H11FN2O2/c14-10-5-3-7-15-11(10)8-16-13(18)9-4-1-2-6-12(9)17/h1-7,17H,8H2,(H,16,18). The average Bonchev–Trinajstić information content (AvgIpc) is 2.38. The maximum absolute atomic E-state index is 13.3. The highest BCUT2D eigenvalue weighted by Gasteiger charge is 2.11. The van der Waals surface area contributed by atoms with Gasteiger partial charge in [0.05, 0.1) is 17.8 Å². The molecule has 0 aliphatic heterocycles. The molecule has 18 heavy (non-hydrogen) atoms. The molecule has 0 fully saturated rings. The van der Waals surface area contributed by atoms with Crippen molar-refractivity contribution in [2.45, 2.75) is 6.54 Å². The van der Waals surface area contributed by atoms with Gasteiger partial charge in [-0.2, -0.15) is 0 Å². The maximum atomic E-state index is 13.3. The molecule has 1 heterocycles. The number of halogens is 1. The van der Waals surface area contributed by atoms with Gasteiger partial charge in [0.15, 0.2) is 0 Å². The largest absolute Gasteiger partial charge is 0.507 e. The minimum Gasteiger partial charge on any atom is -0.507 e. The summed E-state index contributed by atoms with van der Waals surface area (Å²) in [6, 6.07) is 8.90. The zero-order chi connectivity index (χ0) is 13.0. The van der Waals surface area contributed by atoms with E-state index in [1.165, 1.54) is 30.5 Å². The third kappa shape index (κ3) is 2.63. The Morgan fingerprint density at radius 2 is 2.06 bits per heavy atom. The van der Waals surface area contributed by atoms with Crippen molar-refractivity contribution < 1.29 is 14.3 Å². The van der Waals surface area contributed by atoms with E-state index >= 15 is 0 Å². The molecule has 0 spiro atoms. The van der Waals surface area contributed by atoms with Gasteiger partial charge in [-0.3, -0.25) is 9.78 Å². The number of aromatic nitrogens is 1. The highest BCUT2D eigenvalue weighted by Crippen LogP contribution is 2.15. The molecule has 1 aromatic carbocycles. The van der Waals surface area contributed by atoms with E-state index in [9.17, 15) is 14.3 Å². The fourth-order valence-corrected chi connectivity index (χ4v) is 1.47. The van der Waals surface area contributed by atoms with E-state index < -0.39 is 11.7 Å². The van der Waals surface area contributed by atoms with Crippen LogP contribution in [-0.2, 0) is 6.54 Å². The molecule has 0 unspecified atom stereocenters. The van der Waals surface area contributed by atoms with E-state index in [0.29, 0.717) is 0 Å². The zero-order valence-corrected chi connectivity index (χ0v) is 9.43. The normalized spacial score (nSPS) is 10.1. The minimum absolute atomic E-state index is 0.0279. The van der Waals surface area contributed by atoms with Crippen LogP contribution in [0.5, 0.6) is 5.75 Å². The highest BCUT2D eigenvalue weighted by atomic mass is 19.1. The van der Waals surface area contributed by atoms with E-state index in [1.807, 2.05) is 0 Å². The molecule has 0 atom stereocenters. The predicted octanol–water partition coefficient (Wildman–Crippen LogP) is 1.86. The molecular formula is C13H11FN2O2. The van der Waals surface area contributed by atoms with Gasteiger partial charge in [0.1, 0.15) is 11.6 Å². The van der Waals surface area contributed by atoms with Crippen LogP contribution >= 0.6 is 0 Å². The third-order valence-electron chi connectivity index (χ3n) is 2.40. The minimum atomic E-state index is -0.477. The van der Waals surface area contributed by atoms with Crippen molar-refractivity contribution in [3.05, 3.63) is 59.7 Å². The summed E-state index contributed by atoms with van der Waals surface area (Å²) < 4.78 is 13.3. The fourth-order valence-electron chi connectivity index (χ4n) is 1.47. The lowest BCUT2D eigenvalue weighted by Gasteiger charge is -2.06. The van der Waals surface area contributed by atoms with Crippen molar-refractivity contribution in [1.82, 2.24) is 10.3 Å². The van der Waals surface area contributed by atoms with Crippen LogP contribution in [0, 0.1) is 5.82 Å². The molecule has 0 aliphatic rings. The molecule has 0 saturated carbocycles. The van der Waals surface area contributed by atoms with E-state index in [-0.39, 0.29) is 23.6 Å². The summed E-state index contributed by atoms with van der Waals surface area (Å²) in [5.74, 6) is -1.07. The molecule has 4 nitrogen and oxygen atoms in total. The lowest BCUT2D eigenvalue weighted by Crippen LogP contribution is -2.23. The number of carbonyl (C=O) groups excluding carboxylic acids is 1. The number of para-hydroxylation sites is 1. The number of phenolic OH excluding ortho intramolecular Hbond substituents is 1. The van der Waals surface area contributed by atoms with Gasteiger partial charge >= 0.3 is 0 Å². The van der Waals surface area contributed by atoms with E-state index in [1.54, 1.807) is 12.1 Å². The summed E-state index contributed by atoms with van der Waals surface area (Å²) in [5, 5.41) is 12.0. The van der Waals surface area contributed by atoms with E-state index in [0.717, 1.165) is 0 Å². The summed E-state index contributed by atoms with van der Waals surface area (Å²) >= 11 is 0. The Hall–Kier alpha value is -2.43. The van der Waals surface area contributed by atoms with E-state index in [4.69, 9.17) is 0 Å². The summed E-state index contributed by atoms with van der Waals surface area (Å²) in [6.07, 6.45) is 1.45. The second-order valence-electron chi connectivity index (χ2n) is 3.63. The van der Waals surface area contributed by atoms with E-state index in [2.05, 4.69) is 10.3 Å². The van der Waals surface area contributed by atoms with Gasteiger partial charge in [0, 0.05) is 6.20 Å². The van der Waals surface area contributed by atoms with Crippen molar-refractivity contribution in [3.63, 3.8) is 0 Å². The molecule has 1 amide bonds. The molecule has 5 heteroatoms. The summed E-state index contributed by atoms with van der Waals surface area (Å²) in [7, 11) is 0. The molecule has 0 radical (unpaired) electrons. The van der Waals surface area contributed by atoms with Crippen molar-refractivity contribution in [3.8, 4) is 5.75 Å². The van der Waals surface area contributed by atoms with Gasteiger partial charge in [-0.15, -0.1) is 0 Å². The molecule has 0 aliphatic carbocycles. The second kappa shape index (κ2) is 5.27. The molecule has 0 saturated heterocycles. The number of hydrogen-bond donors (Lipinski definition) is 2. The van der Waals surface area contributed by atoms with Crippen LogP contribution in [0.15, 0.2) is 42.6 Å². The highest BCUT2D eigenvalue weighted by molar-refractivity contribution is 5.96. The number of carbonyl (C=O) groups is 1. The molecule has 2 N–H and O–H groups in total. The van der Waals surface area contributed by atoms with Crippen LogP contribution in [0.3, 0.4) is 0 Å². The second-order valence-corrected chi connectivity index (χ2v) is 3.63. The summed E-state index contributed by atoms with van der Waals surface area (Å²) in [4.78, 5) is 15.5. The topological polar surface area (TPSA) is 62.2 Å². The number of benzene rings is 1. The van der Waals surface area contributed by atoms with Crippen LogP contribution < -0.4 is 5.32 Å². The molecular weight excluding hydrogens is 235 g/mol. The fraction of sp³-hybridized carbons (Fsp3) is 0.0769. The molecule has 0 bridgehead atoms.